The molecule has 1 N–H and O–H groups in total. The Morgan fingerprint density at radius 1 is 1.29 bits per heavy atom. The van der Waals surface area contributed by atoms with Crippen LogP contribution in [0.3, 0.4) is 0 Å². The van der Waals surface area contributed by atoms with Crippen LogP contribution in [0.4, 0.5) is 0 Å². The van der Waals surface area contributed by atoms with E-state index in [0.717, 1.165) is 5.56 Å². The van der Waals surface area contributed by atoms with Crippen LogP contribution in [0.2, 0.25) is 10.0 Å². The molecule has 0 saturated heterocycles. The van der Waals surface area contributed by atoms with Gasteiger partial charge in [0.05, 0.1) is 23.4 Å². The quantitative estimate of drug-likeness (QED) is 0.900. The van der Waals surface area contributed by atoms with Crippen LogP contribution in [0.25, 0.3) is 0 Å². The van der Waals surface area contributed by atoms with Gasteiger partial charge < -0.3 is 9.84 Å². The van der Waals surface area contributed by atoms with Gasteiger partial charge in [-0.1, -0.05) is 29.3 Å². The first-order valence-corrected chi connectivity index (χ1v) is 7.43. The molecule has 21 heavy (non-hydrogen) atoms. The lowest BCUT2D eigenvalue weighted by Gasteiger charge is -2.17. The Kier molecular flexibility index (Phi) is 5.14. The standard InChI is InChI=1S/C15H18Cl2N2O2/c1-9(2)19-15(14(21-3)8-18-19)13(20)7-10-4-5-11(16)12(17)6-10/h4-6,8-9,13,20H,7H2,1-3H3. The third-order valence-corrected chi connectivity index (χ3v) is 3.98. The van der Waals surface area contributed by atoms with Crippen molar-refractivity contribution in [1.29, 1.82) is 0 Å². The average Bonchev–Trinajstić information content (AvgIpc) is 2.87. The molecule has 1 aromatic carbocycles. The Morgan fingerprint density at radius 3 is 2.57 bits per heavy atom. The zero-order valence-corrected chi connectivity index (χ0v) is 13.7. The maximum absolute atomic E-state index is 10.5. The first-order valence-electron chi connectivity index (χ1n) is 6.67. The molecule has 1 heterocycles. The molecule has 0 spiro atoms. The van der Waals surface area contributed by atoms with Gasteiger partial charge in [0.2, 0.25) is 0 Å². The minimum Gasteiger partial charge on any atom is -0.493 e. The predicted molar refractivity (Wildman–Crippen MR) is 84.3 cm³/mol. The van der Waals surface area contributed by atoms with Crippen LogP contribution in [-0.2, 0) is 6.42 Å². The van der Waals surface area contributed by atoms with Crippen molar-refractivity contribution in [3.63, 3.8) is 0 Å². The summed E-state index contributed by atoms with van der Waals surface area (Å²) in [7, 11) is 1.57. The Labute approximate surface area is 134 Å². The smallest absolute Gasteiger partial charge is 0.162 e. The fraction of sp³-hybridized carbons (Fsp3) is 0.400. The van der Waals surface area contributed by atoms with Gasteiger partial charge in [-0.3, -0.25) is 4.68 Å². The molecule has 0 aliphatic heterocycles. The molecule has 0 bridgehead atoms. The van der Waals surface area contributed by atoms with Crippen LogP contribution in [-0.4, -0.2) is 22.0 Å². The number of nitrogens with zero attached hydrogens (tertiary/aromatic N) is 2. The van der Waals surface area contributed by atoms with Gasteiger partial charge >= 0.3 is 0 Å². The van der Waals surface area contributed by atoms with Crippen molar-refractivity contribution in [3.8, 4) is 5.75 Å². The van der Waals surface area contributed by atoms with Gasteiger partial charge in [0, 0.05) is 12.5 Å². The molecular weight excluding hydrogens is 311 g/mol. The highest BCUT2D eigenvalue weighted by atomic mass is 35.5. The molecule has 1 unspecified atom stereocenters. The number of halogens is 2. The first kappa shape index (κ1) is 16.1. The molecule has 0 saturated carbocycles. The maximum Gasteiger partial charge on any atom is 0.162 e. The Bertz CT molecular complexity index is 626. The van der Waals surface area contributed by atoms with E-state index in [4.69, 9.17) is 27.9 Å². The molecule has 0 amide bonds. The highest BCUT2D eigenvalue weighted by Gasteiger charge is 2.22. The van der Waals surface area contributed by atoms with E-state index >= 15 is 0 Å². The monoisotopic (exact) mass is 328 g/mol. The highest BCUT2D eigenvalue weighted by molar-refractivity contribution is 6.42. The summed E-state index contributed by atoms with van der Waals surface area (Å²) in [5, 5.41) is 15.8. The Morgan fingerprint density at radius 2 is 2.00 bits per heavy atom. The van der Waals surface area contributed by atoms with Gasteiger partial charge in [0.25, 0.3) is 0 Å². The number of rotatable bonds is 5. The molecule has 0 aliphatic rings. The molecule has 2 rings (SSSR count). The summed E-state index contributed by atoms with van der Waals surface area (Å²) in [6.45, 7) is 4.00. The summed E-state index contributed by atoms with van der Waals surface area (Å²) >= 11 is 11.9. The van der Waals surface area contributed by atoms with E-state index in [1.807, 2.05) is 19.9 Å². The molecule has 0 fully saturated rings. The van der Waals surface area contributed by atoms with Gasteiger partial charge in [-0.25, -0.2) is 0 Å². The molecule has 2 aromatic rings. The number of methoxy groups -OCH3 is 1. The minimum atomic E-state index is -0.734. The summed E-state index contributed by atoms with van der Waals surface area (Å²) in [6.07, 6.45) is 1.29. The van der Waals surface area contributed by atoms with Crippen LogP contribution >= 0.6 is 23.2 Å². The van der Waals surface area contributed by atoms with E-state index in [9.17, 15) is 5.11 Å². The van der Waals surface area contributed by atoms with Crippen molar-refractivity contribution < 1.29 is 9.84 Å². The number of aliphatic hydroxyl groups excluding tert-OH is 1. The Balaban J connectivity index is 2.29. The van der Waals surface area contributed by atoms with Gasteiger partial charge in [-0.05, 0) is 31.5 Å². The summed E-state index contributed by atoms with van der Waals surface area (Å²) in [4.78, 5) is 0. The largest absolute Gasteiger partial charge is 0.493 e. The zero-order valence-electron chi connectivity index (χ0n) is 12.2. The molecule has 1 aromatic heterocycles. The van der Waals surface area contributed by atoms with Crippen molar-refractivity contribution in [2.75, 3.05) is 7.11 Å². The molecule has 114 valence electrons. The SMILES string of the molecule is COc1cnn(C(C)C)c1C(O)Cc1ccc(Cl)c(Cl)c1. The van der Waals surface area contributed by atoms with Crippen LogP contribution in [0.5, 0.6) is 5.75 Å². The lowest BCUT2D eigenvalue weighted by Crippen LogP contribution is -2.13. The van der Waals surface area contributed by atoms with E-state index < -0.39 is 6.10 Å². The number of aliphatic hydroxyl groups is 1. The number of benzene rings is 1. The highest BCUT2D eigenvalue weighted by Crippen LogP contribution is 2.31. The topological polar surface area (TPSA) is 47.3 Å². The summed E-state index contributed by atoms with van der Waals surface area (Å²) in [6, 6.07) is 5.46. The van der Waals surface area contributed by atoms with E-state index in [1.54, 1.807) is 30.1 Å². The average molecular weight is 329 g/mol. The molecule has 1 atom stereocenters. The van der Waals surface area contributed by atoms with Gasteiger partial charge in [0.15, 0.2) is 5.75 Å². The second kappa shape index (κ2) is 6.69. The second-order valence-electron chi connectivity index (χ2n) is 5.10. The van der Waals surface area contributed by atoms with Crippen molar-refractivity contribution in [3.05, 3.63) is 45.7 Å². The van der Waals surface area contributed by atoms with Crippen molar-refractivity contribution >= 4 is 23.2 Å². The summed E-state index contributed by atoms with van der Waals surface area (Å²) < 4.78 is 7.05. The lowest BCUT2D eigenvalue weighted by molar-refractivity contribution is 0.160. The van der Waals surface area contributed by atoms with Crippen molar-refractivity contribution in [2.45, 2.75) is 32.4 Å². The predicted octanol–water partition coefficient (Wildman–Crippen LogP) is 4.06. The van der Waals surface area contributed by atoms with Crippen LogP contribution in [0.15, 0.2) is 24.4 Å². The summed E-state index contributed by atoms with van der Waals surface area (Å²) in [5.74, 6) is 0.580. The maximum atomic E-state index is 10.5. The molecule has 0 aliphatic carbocycles. The number of hydrogen-bond donors (Lipinski definition) is 1. The van der Waals surface area contributed by atoms with Crippen molar-refractivity contribution in [1.82, 2.24) is 9.78 Å². The van der Waals surface area contributed by atoms with E-state index in [-0.39, 0.29) is 6.04 Å². The van der Waals surface area contributed by atoms with Gasteiger partial charge in [0.1, 0.15) is 11.8 Å². The van der Waals surface area contributed by atoms with Crippen LogP contribution in [0, 0.1) is 0 Å². The van der Waals surface area contributed by atoms with Crippen molar-refractivity contribution in [2.24, 2.45) is 0 Å². The Hall–Kier alpha value is -1.23. The first-order chi connectivity index (χ1) is 9.93. The normalized spacial score (nSPS) is 12.7. The fourth-order valence-electron chi connectivity index (χ4n) is 2.23. The number of ether oxygens (including phenoxy) is 1. The zero-order chi connectivity index (χ0) is 15.6. The van der Waals surface area contributed by atoms with Gasteiger partial charge in [-0.2, -0.15) is 5.10 Å². The molecule has 0 radical (unpaired) electrons. The molecule has 6 heteroatoms. The van der Waals surface area contributed by atoms with E-state index in [0.29, 0.717) is 27.9 Å². The molecular formula is C15H18Cl2N2O2. The third-order valence-electron chi connectivity index (χ3n) is 3.24. The number of aromatic nitrogens is 2. The molecule has 4 nitrogen and oxygen atoms in total. The fourth-order valence-corrected chi connectivity index (χ4v) is 2.55. The number of hydrogen-bond acceptors (Lipinski definition) is 3. The third kappa shape index (κ3) is 3.51. The van der Waals surface area contributed by atoms with Crippen LogP contribution < -0.4 is 4.74 Å². The lowest BCUT2D eigenvalue weighted by atomic mass is 10.0. The van der Waals surface area contributed by atoms with E-state index in [1.165, 1.54) is 0 Å². The summed E-state index contributed by atoms with van der Waals surface area (Å²) in [5.41, 5.74) is 1.56. The van der Waals surface area contributed by atoms with E-state index in [2.05, 4.69) is 5.10 Å². The van der Waals surface area contributed by atoms with Crippen LogP contribution in [0.1, 0.15) is 37.3 Å². The second-order valence-corrected chi connectivity index (χ2v) is 5.92. The minimum absolute atomic E-state index is 0.132. The van der Waals surface area contributed by atoms with Gasteiger partial charge in [-0.15, -0.1) is 0 Å².